The van der Waals surface area contributed by atoms with Crippen LogP contribution >= 0.6 is 23.2 Å². The quantitative estimate of drug-likeness (QED) is 0.903. The molecule has 1 aromatic rings. The van der Waals surface area contributed by atoms with Crippen LogP contribution in [-0.2, 0) is 0 Å². The number of benzene rings is 1. The van der Waals surface area contributed by atoms with Gasteiger partial charge in [-0.15, -0.1) is 0 Å². The van der Waals surface area contributed by atoms with Crippen molar-refractivity contribution in [2.75, 3.05) is 0 Å². The van der Waals surface area contributed by atoms with Crippen LogP contribution in [0.2, 0.25) is 10.0 Å². The van der Waals surface area contributed by atoms with E-state index in [9.17, 15) is 13.6 Å². The predicted molar refractivity (Wildman–Crippen MR) is 51.6 cm³/mol. The highest BCUT2D eigenvalue weighted by molar-refractivity contribution is 6.42. The number of alkyl halides is 2. The number of rotatable bonds is 3. The van der Waals surface area contributed by atoms with Gasteiger partial charge in [0.2, 0.25) is 0 Å². The SMILES string of the molecule is NC(=O)c1cc(Cl)c(Cl)cc1OC(F)F. The Morgan fingerprint density at radius 2 is 1.87 bits per heavy atom. The second-order valence-corrected chi connectivity index (χ2v) is 3.32. The Kier molecular flexibility index (Phi) is 3.71. The van der Waals surface area contributed by atoms with E-state index >= 15 is 0 Å². The first-order chi connectivity index (χ1) is 6.91. The largest absolute Gasteiger partial charge is 0.434 e. The lowest BCUT2D eigenvalue weighted by molar-refractivity contribution is -0.0501. The van der Waals surface area contributed by atoms with Crippen molar-refractivity contribution in [1.29, 1.82) is 0 Å². The number of amides is 1. The van der Waals surface area contributed by atoms with Gasteiger partial charge in [-0.25, -0.2) is 0 Å². The maximum absolute atomic E-state index is 11.9. The predicted octanol–water partition coefficient (Wildman–Crippen LogP) is 2.69. The lowest BCUT2D eigenvalue weighted by Crippen LogP contribution is -2.14. The van der Waals surface area contributed by atoms with Gasteiger partial charge >= 0.3 is 6.61 Å². The Morgan fingerprint density at radius 1 is 1.33 bits per heavy atom. The molecule has 0 bridgehead atoms. The van der Waals surface area contributed by atoms with Gasteiger partial charge in [0.05, 0.1) is 15.6 Å². The molecule has 0 atom stereocenters. The highest BCUT2D eigenvalue weighted by Crippen LogP contribution is 2.31. The molecular formula is C8H5Cl2F2NO2. The fourth-order valence-corrected chi connectivity index (χ4v) is 1.23. The minimum atomic E-state index is -3.07. The van der Waals surface area contributed by atoms with Crippen molar-refractivity contribution in [3.63, 3.8) is 0 Å². The maximum atomic E-state index is 11.9. The molecule has 0 aliphatic heterocycles. The van der Waals surface area contributed by atoms with Crippen LogP contribution in [0.15, 0.2) is 12.1 Å². The molecule has 82 valence electrons. The smallest absolute Gasteiger partial charge is 0.387 e. The van der Waals surface area contributed by atoms with Crippen molar-refractivity contribution in [2.24, 2.45) is 5.73 Å². The van der Waals surface area contributed by atoms with E-state index in [0.29, 0.717) is 0 Å². The summed E-state index contributed by atoms with van der Waals surface area (Å²) in [5.74, 6) is -1.32. The fraction of sp³-hybridized carbons (Fsp3) is 0.125. The third kappa shape index (κ3) is 2.94. The molecule has 15 heavy (non-hydrogen) atoms. The Labute approximate surface area is 93.7 Å². The first-order valence-electron chi connectivity index (χ1n) is 3.65. The lowest BCUT2D eigenvalue weighted by atomic mass is 10.2. The van der Waals surface area contributed by atoms with Crippen LogP contribution in [0.4, 0.5) is 8.78 Å². The standard InChI is InChI=1S/C8H5Cl2F2NO2/c9-4-1-3(7(13)14)6(2-5(4)10)15-8(11)12/h1-2,8H,(H2,13,14). The molecule has 0 spiro atoms. The normalized spacial score (nSPS) is 10.5. The summed E-state index contributed by atoms with van der Waals surface area (Å²) < 4.78 is 28.0. The van der Waals surface area contributed by atoms with E-state index in [4.69, 9.17) is 28.9 Å². The maximum Gasteiger partial charge on any atom is 0.387 e. The molecule has 0 radical (unpaired) electrons. The molecule has 1 amide bonds. The first-order valence-corrected chi connectivity index (χ1v) is 4.41. The van der Waals surface area contributed by atoms with Gasteiger partial charge in [-0.05, 0) is 6.07 Å². The molecule has 7 heteroatoms. The van der Waals surface area contributed by atoms with Gasteiger partial charge in [-0.2, -0.15) is 8.78 Å². The summed E-state index contributed by atoms with van der Waals surface area (Å²) in [6, 6.07) is 2.08. The van der Waals surface area contributed by atoms with Crippen LogP contribution in [0.5, 0.6) is 5.75 Å². The third-order valence-corrected chi connectivity index (χ3v) is 2.23. The zero-order chi connectivity index (χ0) is 11.6. The molecule has 0 aliphatic carbocycles. The Morgan fingerprint density at radius 3 is 2.33 bits per heavy atom. The zero-order valence-corrected chi connectivity index (χ0v) is 8.65. The summed E-state index contributed by atoms with van der Waals surface area (Å²) in [7, 11) is 0. The molecule has 0 aliphatic rings. The Balaban J connectivity index is 3.22. The van der Waals surface area contributed by atoms with Crippen molar-refractivity contribution < 1.29 is 18.3 Å². The summed E-state index contributed by atoms with van der Waals surface area (Å²) >= 11 is 11.1. The van der Waals surface area contributed by atoms with Crippen LogP contribution < -0.4 is 10.5 Å². The highest BCUT2D eigenvalue weighted by Gasteiger charge is 2.16. The van der Waals surface area contributed by atoms with Crippen LogP contribution in [0.1, 0.15) is 10.4 Å². The molecule has 0 unspecified atom stereocenters. The van der Waals surface area contributed by atoms with Crippen molar-refractivity contribution >= 4 is 29.1 Å². The minimum Gasteiger partial charge on any atom is -0.434 e. The van der Waals surface area contributed by atoms with Crippen LogP contribution in [0, 0.1) is 0 Å². The summed E-state index contributed by atoms with van der Waals surface area (Å²) in [6.45, 7) is -3.07. The summed E-state index contributed by atoms with van der Waals surface area (Å²) in [4.78, 5) is 10.9. The lowest BCUT2D eigenvalue weighted by Gasteiger charge is -2.09. The molecule has 3 nitrogen and oxygen atoms in total. The Bertz CT molecular complexity index is 398. The van der Waals surface area contributed by atoms with E-state index in [0.717, 1.165) is 12.1 Å². The number of halogens is 4. The molecular weight excluding hydrogens is 251 g/mol. The molecule has 0 saturated heterocycles. The van der Waals surface area contributed by atoms with E-state index in [2.05, 4.69) is 4.74 Å². The molecule has 0 fully saturated rings. The number of nitrogens with two attached hydrogens (primary N) is 1. The van der Waals surface area contributed by atoms with Crippen LogP contribution in [-0.4, -0.2) is 12.5 Å². The second-order valence-electron chi connectivity index (χ2n) is 2.51. The summed E-state index contributed by atoms with van der Waals surface area (Å²) in [5, 5.41) is 0.0319. The van der Waals surface area contributed by atoms with Crippen LogP contribution in [0.3, 0.4) is 0 Å². The van der Waals surface area contributed by atoms with Crippen molar-refractivity contribution in [2.45, 2.75) is 6.61 Å². The molecule has 1 rings (SSSR count). The molecule has 0 aromatic heterocycles. The number of hydrogen-bond donors (Lipinski definition) is 1. The minimum absolute atomic E-state index is 0.00248. The number of primary amides is 1. The van der Waals surface area contributed by atoms with Gasteiger partial charge in [0.25, 0.3) is 5.91 Å². The average Bonchev–Trinajstić information content (AvgIpc) is 2.09. The van der Waals surface area contributed by atoms with Gasteiger partial charge in [0, 0.05) is 6.07 Å². The van der Waals surface area contributed by atoms with Gasteiger partial charge in [-0.1, -0.05) is 23.2 Å². The molecule has 0 heterocycles. The van der Waals surface area contributed by atoms with E-state index in [1.54, 1.807) is 0 Å². The molecule has 0 saturated carbocycles. The van der Waals surface area contributed by atoms with E-state index in [1.807, 2.05) is 0 Å². The van der Waals surface area contributed by atoms with Crippen LogP contribution in [0.25, 0.3) is 0 Å². The van der Waals surface area contributed by atoms with Crippen molar-refractivity contribution in [3.8, 4) is 5.75 Å². The highest BCUT2D eigenvalue weighted by atomic mass is 35.5. The number of carbonyl (C=O) groups is 1. The number of carbonyl (C=O) groups excluding carboxylic acids is 1. The monoisotopic (exact) mass is 255 g/mol. The average molecular weight is 256 g/mol. The van der Waals surface area contributed by atoms with E-state index in [1.165, 1.54) is 0 Å². The topological polar surface area (TPSA) is 52.3 Å². The van der Waals surface area contributed by atoms with Crippen molar-refractivity contribution in [3.05, 3.63) is 27.7 Å². The van der Waals surface area contributed by atoms with Gasteiger partial charge < -0.3 is 10.5 Å². The van der Waals surface area contributed by atoms with Gasteiger partial charge in [0.15, 0.2) is 0 Å². The van der Waals surface area contributed by atoms with E-state index < -0.39 is 18.3 Å². The van der Waals surface area contributed by atoms with E-state index in [-0.39, 0.29) is 15.6 Å². The van der Waals surface area contributed by atoms with Crippen molar-refractivity contribution in [1.82, 2.24) is 0 Å². The molecule has 2 N–H and O–H groups in total. The zero-order valence-electron chi connectivity index (χ0n) is 7.14. The summed E-state index contributed by atoms with van der Waals surface area (Å²) in [6.07, 6.45) is 0. The number of hydrogen-bond acceptors (Lipinski definition) is 2. The Hall–Kier alpha value is -1.07. The van der Waals surface area contributed by atoms with Gasteiger partial charge in [-0.3, -0.25) is 4.79 Å². The van der Waals surface area contributed by atoms with Gasteiger partial charge in [0.1, 0.15) is 5.75 Å². The third-order valence-electron chi connectivity index (χ3n) is 1.50. The second kappa shape index (κ2) is 4.63. The summed E-state index contributed by atoms with van der Waals surface area (Å²) in [5.41, 5.74) is 4.70. The number of ether oxygens (including phenoxy) is 1. The fourth-order valence-electron chi connectivity index (χ4n) is 0.915. The molecule has 1 aromatic carbocycles. The first kappa shape index (κ1) is 12.0.